The third-order valence-electron chi connectivity index (χ3n) is 3.16. The third kappa shape index (κ3) is 4.68. The Labute approximate surface area is 140 Å². The van der Waals surface area contributed by atoms with E-state index in [1.165, 1.54) is 0 Å². The third-order valence-corrected chi connectivity index (χ3v) is 4.69. The Morgan fingerprint density at radius 3 is 2.77 bits per heavy atom. The fourth-order valence-electron chi connectivity index (χ4n) is 1.99. The first-order valence-electron chi connectivity index (χ1n) is 6.90. The molecule has 1 atom stereocenters. The highest BCUT2D eigenvalue weighted by Crippen LogP contribution is 2.32. The van der Waals surface area contributed by atoms with Gasteiger partial charge in [-0.1, -0.05) is 35.9 Å². The number of hydrogen-bond acceptors (Lipinski definition) is 3. The number of benzene rings is 2. The predicted octanol–water partition coefficient (Wildman–Crippen LogP) is 4.78. The topological polar surface area (TPSA) is 38.3 Å². The molecule has 2 aromatic carbocycles. The fourth-order valence-corrected chi connectivity index (χ4v) is 3.22. The van der Waals surface area contributed by atoms with E-state index in [0.717, 1.165) is 22.0 Å². The molecular formula is C17H18ClNO2S. The lowest BCUT2D eigenvalue weighted by Gasteiger charge is -2.13. The largest absolute Gasteiger partial charge is 0.497 e. The van der Waals surface area contributed by atoms with E-state index >= 15 is 0 Å². The maximum absolute atomic E-state index is 12.0. The number of thioether (sulfide) groups is 1. The Morgan fingerprint density at radius 2 is 2.05 bits per heavy atom. The number of anilines is 1. The zero-order chi connectivity index (χ0) is 15.9. The monoisotopic (exact) mass is 335 g/mol. The standard InChI is InChI=1S/C17H18ClNO2S/c1-12(15-8-3-4-9-16(15)18)22-11-17(20)19-13-6-5-7-14(10-13)21-2/h3-10,12H,11H2,1-2H3,(H,19,20). The smallest absolute Gasteiger partial charge is 0.234 e. The maximum Gasteiger partial charge on any atom is 0.234 e. The van der Waals surface area contributed by atoms with E-state index in [1.54, 1.807) is 24.9 Å². The van der Waals surface area contributed by atoms with Crippen molar-refractivity contribution >= 4 is 35.0 Å². The summed E-state index contributed by atoms with van der Waals surface area (Å²) in [6.45, 7) is 2.05. The zero-order valence-corrected chi connectivity index (χ0v) is 14.1. The molecule has 1 N–H and O–H groups in total. The van der Waals surface area contributed by atoms with Gasteiger partial charge in [-0.15, -0.1) is 11.8 Å². The van der Waals surface area contributed by atoms with E-state index in [1.807, 2.05) is 49.4 Å². The van der Waals surface area contributed by atoms with Crippen LogP contribution in [0.25, 0.3) is 0 Å². The predicted molar refractivity (Wildman–Crippen MR) is 93.9 cm³/mol. The van der Waals surface area contributed by atoms with Crippen LogP contribution in [0.4, 0.5) is 5.69 Å². The minimum atomic E-state index is -0.0443. The highest BCUT2D eigenvalue weighted by Gasteiger charge is 2.12. The van der Waals surface area contributed by atoms with Crippen molar-refractivity contribution in [2.75, 3.05) is 18.2 Å². The minimum Gasteiger partial charge on any atom is -0.497 e. The molecule has 1 amide bonds. The van der Waals surface area contributed by atoms with Crippen LogP contribution in [0.3, 0.4) is 0 Å². The Bertz CT molecular complexity index is 648. The van der Waals surface area contributed by atoms with Crippen molar-refractivity contribution in [1.82, 2.24) is 0 Å². The second-order valence-corrected chi connectivity index (χ2v) is 6.49. The molecule has 0 aliphatic heterocycles. The number of amides is 1. The van der Waals surface area contributed by atoms with Crippen molar-refractivity contribution < 1.29 is 9.53 Å². The summed E-state index contributed by atoms with van der Waals surface area (Å²) in [5.41, 5.74) is 1.78. The number of carbonyl (C=O) groups excluding carboxylic acids is 1. The first kappa shape index (κ1) is 16.7. The Balaban J connectivity index is 1.88. The van der Waals surface area contributed by atoms with Gasteiger partial charge in [-0.25, -0.2) is 0 Å². The van der Waals surface area contributed by atoms with Crippen molar-refractivity contribution in [2.45, 2.75) is 12.2 Å². The lowest BCUT2D eigenvalue weighted by Crippen LogP contribution is -2.14. The second-order valence-electron chi connectivity index (χ2n) is 4.75. The molecule has 0 fully saturated rings. The Kier molecular flexibility index (Phi) is 6.16. The molecule has 0 spiro atoms. The average molecular weight is 336 g/mol. The molecule has 3 nitrogen and oxygen atoms in total. The maximum atomic E-state index is 12.0. The fraction of sp³-hybridized carbons (Fsp3) is 0.235. The molecule has 22 heavy (non-hydrogen) atoms. The quantitative estimate of drug-likeness (QED) is 0.825. The van der Waals surface area contributed by atoms with Gasteiger partial charge in [0, 0.05) is 22.0 Å². The van der Waals surface area contributed by atoms with Crippen LogP contribution >= 0.6 is 23.4 Å². The van der Waals surface area contributed by atoms with Crippen LogP contribution in [-0.2, 0) is 4.79 Å². The van der Waals surface area contributed by atoms with Crippen LogP contribution in [0, 0.1) is 0 Å². The van der Waals surface area contributed by atoms with Crippen molar-refractivity contribution in [1.29, 1.82) is 0 Å². The van der Waals surface area contributed by atoms with Gasteiger partial charge < -0.3 is 10.1 Å². The minimum absolute atomic E-state index is 0.0443. The molecule has 1 unspecified atom stereocenters. The molecule has 0 saturated heterocycles. The van der Waals surface area contributed by atoms with Gasteiger partial charge >= 0.3 is 0 Å². The summed E-state index contributed by atoms with van der Waals surface area (Å²) in [7, 11) is 1.60. The van der Waals surface area contributed by atoms with Crippen molar-refractivity contribution in [3.05, 3.63) is 59.1 Å². The van der Waals surface area contributed by atoms with Gasteiger partial charge in [0.15, 0.2) is 0 Å². The van der Waals surface area contributed by atoms with Crippen LogP contribution in [0.2, 0.25) is 5.02 Å². The highest BCUT2D eigenvalue weighted by molar-refractivity contribution is 8.00. The van der Waals surface area contributed by atoms with Crippen LogP contribution in [0.15, 0.2) is 48.5 Å². The van der Waals surface area contributed by atoms with Gasteiger partial charge in [0.05, 0.1) is 12.9 Å². The van der Waals surface area contributed by atoms with E-state index in [9.17, 15) is 4.79 Å². The van der Waals surface area contributed by atoms with Crippen LogP contribution in [0.1, 0.15) is 17.7 Å². The van der Waals surface area contributed by atoms with Gasteiger partial charge in [-0.2, -0.15) is 0 Å². The van der Waals surface area contributed by atoms with Crippen molar-refractivity contribution in [3.63, 3.8) is 0 Å². The van der Waals surface area contributed by atoms with E-state index in [2.05, 4.69) is 5.32 Å². The lowest BCUT2D eigenvalue weighted by molar-refractivity contribution is -0.113. The number of methoxy groups -OCH3 is 1. The van der Waals surface area contributed by atoms with Gasteiger partial charge in [-0.05, 0) is 30.7 Å². The highest BCUT2D eigenvalue weighted by atomic mass is 35.5. The summed E-state index contributed by atoms with van der Waals surface area (Å²) in [6.07, 6.45) is 0. The first-order chi connectivity index (χ1) is 10.6. The van der Waals surface area contributed by atoms with Gasteiger partial charge in [0.2, 0.25) is 5.91 Å². The number of hydrogen-bond donors (Lipinski definition) is 1. The molecule has 0 aliphatic carbocycles. The summed E-state index contributed by atoms with van der Waals surface area (Å²) in [4.78, 5) is 12.0. The van der Waals surface area contributed by atoms with Gasteiger partial charge in [0.25, 0.3) is 0 Å². The molecule has 0 heterocycles. The molecule has 0 saturated carbocycles. The molecule has 2 rings (SSSR count). The summed E-state index contributed by atoms with van der Waals surface area (Å²) >= 11 is 7.72. The van der Waals surface area contributed by atoms with E-state index < -0.39 is 0 Å². The number of carbonyl (C=O) groups is 1. The van der Waals surface area contributed by atoms with Crippen molar-refractivity contribution in [3.8, 4) is 5.75 Å². The lowest BCUT2D eigenvalue weighted by atomic mass is 10.2. The molecule has 5 heteroatoms. The molecule has 116 valence electrons. The molecule has 0 aromatic heterocycles. The Hall–Kier alpha value is -1.65. The van der Waals surface area contributed by atoms with Crippen LogP contribution in [0.5, 0.6) is 5.75 Å². The second kappa shape index (κ2) is 8.11. The van der Waals surface area contributed by atoms with Crippen LogP contribution in [-0.4, -0.2) is 18.8 Å². The molecule has 0 aliphatic rings. The number of halogens is 1. The Morgan fingerprint density at radius 1 is 1.27 bits per heavy atom. The number of nitrogens with one attached hydrogen (secondary N) is 1. The molecular weight excluding hydrogens is 318 g/mol. The summed E-state index contributed by atoms with van der Waals surface area (Å²) in [5, 5.41) is 3.75. The number of ether oxygens (including phenoxy) is 1. The average Bonchev–Trinajstić information content (AvgIpc) is 2.53. The SMILES string of the molecule is COc1cccc(NC(=O)CSC(C)c2ccccc2Cl)c1. The summed E-state index contributed by atoms with van der Waals surface area (Å²) in [6, 6.07) is 15.0. The molecule has 0 radical (unpaired) electrons. The zero-order valence-electron chi connectivity index (χ0n) is 12.5. The van der Waals surface area contributed by atoms with E-state index in [4.69, 9.17) is 16.3 Å². The van der Waals surface area contributed by atoms with E-state index in [-0.39, 0.29) is 11.2 Å². The van der Waals surface area contributed by atoms with Crippen molar-refractivity contribution in [2.24, 2.45) is 0 Å². The van der Waals surface area contributed by atoms with Gasteiger partial charge in [-0.3, -0.25) is 4.79 Å². The summed E-state index contributed by atoms with van der Waals surface area (Å²) < 4.78 is 5.13. The first-order valence-corrected chi connectivity index (χ1v) is 8.32. The molecule has 0 bridgehead atoms. The number of rotatable bonds is 6. The van der Waals surface area contributed by atoms with Gasteiger partial charge in [0.1, 0.15) is 5.75 Å². The normalized spacial score (nSPS) is 11.8. The van der Waals surface area contributed by atoms with Crippen LogP contribution < -0.4 is 10.1 Å². The molecule has 2 aromatic rings. The summed E-state index contributed by atoms with van der Waals surface area (Å²) in [5.74, 6) is 1.04. The van der Waals surface area contributed by atoms with E-state index in [0.29, 0.717) is 5.75 Å².